The summed E-state index contributed by atoms with van der Waals surface area (Å²) in [6.07, 6.45) is 0. The number of Topliss-reactive ketones (excluding diaryl/α,β-unsaturated/α-hetero) is 2. The summed E-state index contributed by atoms with van der Waals surface area (Å²) < 4.78 is 0. The molecule has 0 aliphatic heterocycles. The number of benzene rings is 2. The number of hydrogen-bond acceptors (Lipinski definition) is 4. The van der Waals surface area contributed by atoms with Crippen LogP contribution in [0.15, 0.2) is 60.0 Å². The fourth-order valence-corrected chi connectivity index (χ4v) is 2.79. The predicted octanol–water partition coefficient (Wildman–Crippen LogP) is 4.04. The van der Waals surface area contributed by atoms with Crippen LogP contribution in [0.25, 0.3) is 11.1 Å². The third kappa shape index (κ3) is 8.46. The SMILES string of the molecule is CC(=O)/C(=C(/C)[O-])c1ccc(Cl)cc1.CC(=O)/C(=C(/C)[O-])c1ccc(Cl)cc1.[Cu+2]. The Hall–Kier alpha value is -2.04. The second-order valence-corrected chi connectivity index (χ2v) is 6.86. The smallest absolute Gasteiger partial charge is 0.875 e. The summed E-state index contributed by atoms with van der Waals surface area (Å²) in [6.45, 7) is 5.52. The molecular weight excluding hydrogens is 463 g/mol. The quantitative estimate of drug-likeness (QED) is 0.374. The molecule has 0 aliphatic carbocycles. The number of allylic oxidation sites excluding steroid dienone is 4. The van der Waals surface area contributed by atoms with Crippen LogP contribution >= 0.6 is 23.2 Å². The molecule has 0 N–H and O–H groups in total. The van der Waals surface area contributed by atoms with Crippen molar-refractivity contribution in [2.45, 2.75) is 27.7 Å². The van der Waals surface area contributed by atoms with Crippen LogP contribution in [-0.2, 0) is 26.7 Å². The van der Waals surface area contributed by atoms with Crippen molar-refractivity contribution in [1.82, 2.24) is 0 Å². The van der Waals surface area contributed by atoms with Crippen molar-refractivity contribution < 1.29 is 36.9 Å². The molecular formula is C22H20Cl2CuO4. The van der Waals surface area contributed by atoms with Crippen molar-refractivity contribution in [1.29, 1.82) is 0 Å². The third-order valence-corrected chi connectivity index (χ3v) is 4.18. The van der Waals surface area contributed by atoms with Gasteiger partial charge in [0.25, 0.3) is 0 Å². The van der Waals surface area contributed by atoms with Gasteiger partial charge in [-0.15, -0.1) is 11.5 Å². The fourth-order valence-electron chi connectivity index (χ4n) is 2.54. The summed E-state index contributed by atoms with van der Waals surface area (Å²) in [6, 6.07) is 13.3. The van der Waals surface area contributed by atoms with Crippen molar-refractivity contribution in [2.75, 3.05) is 0 Å². The number of ketones is 2. The van der Waals surface area contributed by atoms with E-state index in [9.17, 15) is 19.8 Å². The Morgan fingerprint density at radius 3 is 1.03 bits per heavy atom. The summed E-state index contributed by atoms with van der Waals surface area (Å²) in [4.78, 5) is 22.4. The third-order valence-electron chi connectivity index (χ3n) is 3.67. The van der Waals surface area contributed by atoms with Crippen LogP contribution in [0, 0.1) is 0 Å². The van der Waals surface area contributed by atoms with Gasteiger partial charge in [-0.25, -0.2) is 0 Å². The molecule has 2 aromatic rings. The van der Waals surface area contributed by atoms with Gasteiger partial charge < -0.3 is 10.2 Å². The maximum absolute atomic E-state index is 11.2. The molecule has 0 aromatic heterocycles. The zero-order valence-electron chi connectivity index (χ0n) is 16.3. The molecule has 7 heteroatoms. The Balaban J connectivity index is 0.000000523. The minimum absolute atomic E-state index is 0. The van der Waals surface area contributed by atoms with Gasteiger partial charge in [0, 0.05) is 21.2 Å². The van der Waals surface area contributed by atoms with Crippen molar-refractivity contribution >= 4 is 45.9 Å². The van der Waals surface area contributed by atoms with Crippen molar-refractivity contribution in [3.63, 3.8) is 0 Å². The fraction of sp³-hybridized carbons (Fsp3) is 0.182. The molecule has 0 aliphatic rings. The van der Waals surface area contributed by atoms with E-state index in [4.69, 9.17) is 23.2 Å². The van der Waals surface area contributed by atoms with Crippen LogP contribution in [0.5, 0.6) is 0 Å². The van der Waals surface area contributed by atoms with Gasteiger partial charge in [0.2, 0.25) is 0 Å². The van der Waals surface area contributed by atoms with Crippen LogP contribution in [-0.4, -0.2) is 11.6 Å². The zero-order chi connectivity index (χ0) is 21.4. The second-order valence-electron chi connectivity index (χ2n) is 5.99. The average Bonchev–Trinajstić information content (AvgIpc) is 2.58. The summed E-state index contributed by atoms with van der Waals surface area (Å²) in [7, 11) is 0. The van der Waals surface area contributed by atoms with Gasteiger partial charge in [-0.05, 0) is 49.2 Å². The van der Waals surface area contributed by atoms with E-state index in [1.54, 1.807) is 48.5 Å². The molecule has 0 amide bonds. The maximum Gasteiger partial charge on any atom is 2.00 e. The van der Waals surface area contributed by atoms with Gasteiger partial charge in [0.15, 0.2) is 11.6 Å². The van der Waals surface area contributed by atoms with Crippen LogP contribution < -0.4 is 10.2 Å². The molecule has 0 bridgehead atoms. The van der Waals surface area contributed by atoms with Crippen LogP contribution in [0.4, 0.5) is 0 Å². The standard InChI is InChI=1S/2C11H11ClO2.Cu/c2*1-7(13)11(8(2)14)9-3-5-10(12)6-4-9;/h2*3-6,13H,1-2H3;/q;;+2/p-2/b2*11-7+;. The Morgan fingerprint density at radius 1 is 0.621 bits per heavy atom. The molecule has 0 heterocycles. The maximum atomic E-state index is 11.2. The first-order valence-corrected chi connectivity index (χ1v) is 9.09. The van der Waals surface area contributed by atoms with Gasteiger partial charge in [0.05, 0.1) is 0 Å². The summed E-state index contributed by atoms with van der Waals surface area (Å²) in [5.41, 5.74) is 1.69. The molecule has 2 aromatic carbocycles. The van der Waals surface area contributed by atoms with E-state index in [1.807, 2.05) is 0 Å². The second kappa shape index (κ2) is 12.5. The summed E-state index contributed by atoms with van der Waals surface area (Å²) >= 11 is 11.4. The Labute approximate surface area is 191 Å². The molecule has 29 heavy (non-hydrogen) atoms. The molecule has 0 atom stereocenters. The van der Waals surface area contributed by atoms with E-state index in [0.717, 1.165) is 0 Å². The first-order valence-electron chi connectivity index (χ1n) is 8.34. The molecule has 1 radical (unpaired) electrons. The number of halogens is 2. The van der Waals surface area contributed by atoms with Gasteiger partial charge >= 0.3 is 17.1 Å². The zero-order valence-corrected chi connectivity index (χ0v) is 18.8. The number of rotatable bonds is 4. The minimum Gasteiger partial charge on any atom is -0.875 e. The Morgan fingerprint density at radius 2 is 0.862 bits per heavy atom. The van der Waals surface area contributed by atoms with E-state index in [1.165, 1.54) is 27.7 Å². The first-order chi connectivity index (χ1) is 13.0. The van der Waals surface area contributed by atoms with Crippen molar-refractivity contribution in [3.05, 3.63) is 81.2 Å². The number of hydrogen-bond donors (Lipinski definition) is 0. The predicted molar refractivity (Wildman–Crippen MR) is 109 cm³/mol. The molecule has 0 saturated carbocycles. The topological polar surface area (TPSA) is 80.3 Å². The van der Waals surface area contributed by atoms with Crippen LogP contribution in [0.2, 0.25) is 10.0 Å². The summed E-state index contributed by atoms with van der Waals surface area (Å²) in [5, 5.41) is 23.5. The van der Waals surface area contributed by atoms with E-state index < -0.39 is 0 Å². The molecule has 0 unspecified atom stereocenters. The monoisotopic (exact) mass is 481 g/mol. The number of carbonyl (C=O) groups is 2. The van der Waals surface area contributed by atoms with Crippen LogP contribution in [0.1, 0.15) is 38.8 Å². The van der Waals surface area contributed by atoms with Crippen LogP contribution in [0.3, 0.4) is 0 Å². The Kier molecular flexibility index (Phi) is 11.6. The van der Waals surface area contributed by atoms with Gasteiger partial charge in [-0.1, -0.05) is 61.3 Å². The molecule has 157 valence electrons. The summed E-state index contributed by atoms with van der Waals surface area (Å²) in [5.74, 6) is -0.890. The molecule has 4 nitrogen and oxygen atoms in total. The molecule has 2 rings (SSSR count). The van der Waals surface area contributed by atoms with Gasteiger partial charge in [-0.3, -0.25) is 9.59 Å². The van der Waals surface area contributed by atoms with E-state index in [0.29, 0.717) is 21.2 Å². The van der Waals surface area contributed by atoms with E-state index >= 15 is 0 Å². The van der Waals surface area contributed by atoms with E-state index in [-0.39, 0.29) is 51.3 Å². The van der Waals surface area contributed by atoms with Gasteiger partial charge in [0.1, 0.15) is 0 Å². The molecule has 0 fully saturated rings. The Bertz CT molecular complexity index is 829. The van der Waals surface area contributed by atoms with Crippen molar-refractivity contribution in [2.24, 2.45) is 0 Å². The van der Waals surface area contributed by atoms with Crippen molar-refractivity contribution in [3.8, 4) is 0 Å². The molecule has 0 spiro atoms. The number of carbonyl (C=O) groups excluding carboxylic acids is 2. The average molecular weight is 483 g/mol. The minimum atomic E-state index is -0.222. The van der Waals surface area contributed by atoms with E-state index in [2.05, 4.69) is 0 Å². The largest absolute Gasteiger partial charge is 2.00 e. The molecule has 0 saturated heterocycles. The normalized spacial score (nSPS) is 11.8. The van der Waals surface area contributed by atoms with Gasteiger partial charge in [-0.2, -0.15) is 0 Å². The first kappa shape index (κ1) is 27.0.